The van der Waals surface area contributed by atoms with Gasteiger partial charge in [0.25, 0.3) is 0 Å². The van der Waals surface area contributed by atoms with Crippen molar-refractivity contribution >= 4 is 0 Å². The molecule has 0 aliphatic carbocycles. The zero-order valence-corrected chi connectivity index (χ0v) is 13.3. The molecule has 0 amide bonds. The Kier molecular flexibility index (Phi) is 6.42. The minimum Gasteiger partial charge on any atom is -0.504 e. The van der Waals surface area contributed by atoms with Gasteiger partial charge in [-0.25, -0.2) is 0 Å². The van der Waals surface area contributed by atoms with Gasteiger partial charge < -0.3 is 29.9 Å². The van der Waals surface area contributed by atoms with Crippen LogP contribution in [0.4, 0.5) is 0 Å². The Bertz CT molecular complexity index is 598. The first-order valence-electron chi connectivity index (χ1n) is 7.86. The fourth-order valence-corrected chi connectivity index (χ4v) is 2.12. The molecule has 0 aromatic heterocycles. The van der Waals surface area contributed by atoms with E-state index in [1.807, 2.05) is 0 Å². The highest BCUT2D eigenvalue weighted by Gasteiger charge is 2.02. The smallest absolute Gasteiger partial charge is 0.161 e. The Morgan fingerprint density at radius 2 is 0.958 bits per heavy atom. The number of hydrogen-bond acceptors (Lipinski definition) is 6. The summed E-state index contributed by atoms with van der Waals surface area (Å²) in [7, 11) is 0. The minimum atomic E-state index is -0.190. The van der Waals surface area contributed by atoms with Crippen molar-refractivity contribution in [1.29, 1.82) is 0 Å². The van der Waals surface area contributed by atoms with Crippen molar-refractivity contribution in [3.63, 3.8) is 0 Å². The third kappa shape index (κ3) is 5.46. The first-order valence-corrected chi connectivity index (χ1v) is 7.86. The zero-order chi connectivity index (χ0) is 17.4. The second-order valence-electron chi connectivity index (χ2n) is 5.41. The number of hydrogen-bond donors (Lipinski definition) is 4. The van der Waals surface area contributed by atoms with Crippen molar-refractivity contribution in [3.05, 3.63) is 36.4 Å². The average Bonchev–Trinajstić information content (AvgIpc) is 2.56. The van der Waals surface area contributed by atoms with Gasteiger partial charge in [0, 0.05) is 12.1 Å². The third-order valence-corrected chi connectivity index (χ3v) is 3.47. The minimum absolute atomic E-state index is 0.163. The van der Waals surface area contributed by atoms with E-state index < -0.39 is 0 Å². The maximum atomic E-state index is 9.35. The lowest BCUT2D eigenvalue weighted by Gasteiger charge is -2.08. The maximum Gasteiger partial charge on any atom is 0.161 e. The molecule has 0 unspecified atom stereocenters. The molecule has 130 valence electrons. The summed E-state index contributed by atoms with van der Waals surface area (Å²) in [5, 5.41) is 37.1. The van der Waals surface area contributed by atoms with E-state index in [4.69, 9.17) is 9.47 Å². The number of aromatic hydroxyl groups is 4. The molecule has 0 aliphatic heterocycles. The molecule has 0 saturated heterocycles. The molecule has 2 aromatic carbocycles. The molecule has 0 radical (unpaired) electrons. The summed E-state index contributed by atoms with van der Waals surface area (Å²) >= 11 is 0. The van der Waals surface area contributed by atoms with Crippen LogP contribution in [-0.2, 0) is 0 Å². The Morgan fingerprint density at radius 3 is 1.33 bits per heavy atom. The normalized spacial score (nSPS) is 10.5. The Balaban J connectivity index is 1.53. The summed E-state index contributed by atoms with van der Waals surface area (Å²) in [6.45, 7) is 1.08. The number of unbranched alkanes of at least 4 members (excludes halogenated alkanes) is 3. The van der Waals surface area contributed by atoms with Crippen molar-refractivity contribution in [1.82, 2.24) is 0 Å². The molecule has 6 heteroatoms. The monoisotopic (exact) mass is 334 g/mol. The number of phenolic OH excluding ortho intramolecular Hbond substituents is 4. The molecule has 0 atom stereocenters. The van der Waals surface area contributed by atoms with Crippen LogP contribution in [0.2, 0.25) is 0 Å². The van der Waals surface area contributed by atoms with Gasteiger partial charge in [-0.3, -0.25) is 0 Å². The standard InChI is InChI=1S/C18H22O6/c19-15-7-5-13(11-17(15)21)23-9-3-1-2-4-10-24-14-6-8-16(20)18(22)12-14/h5-8,11-12,19-22H,1-4,9-10H2. The third-order valence-electron chi connectivity index (χ3n) is 3.47. The SMILES string of the molecule is Oc1ccc(OCCCCCCOc2ccc(O)c(O)c2)cc1O. The van der Waals surface area contributed by atoms with Gasteiger partial charge in [0.2, 0.25) is 0 Å². The van der Waals surface area contributed by atoms with Gasteiger partial charge in [0.05, 0.1) is 13.2 Å². The van der Waals surface area contributed by atoms with Crippen molar-refractivity contribution in [3.8, 4) is 34.5 Å². The lowest BCUT2D eigenvalue weighted by molar-refractivity contribution is 0.285. The van der Waals surface area contributed by atoms with Crippen LogP contribution in [0.3, 0.4) is 0 Å². The van der Waals surface area contributed by atoms with Gasteiger partial charge in [0.1, 0.15) is 11.5 Å². The number of rotatable bonds is 9. The van der Waals surface area contributed by atoms with Crippen LogP contribution >= 0.6 is 0 Å². The molecule has 2 rings (SSSR count). The first kappa shape index (κ1) is 17.6. The quantitative estimate of drug-likeness (QED) is 0.413. The summed E-state index contributed by atoms with van der Waals surface area (Å²) < 4.78 is 11.0. The second-order valence-corrected chi connectivity index (χ2v) is 5.41. The van der Waals surface area contributed by atoms with Gasteiger partial charge >= 0.3 is 0 Å². The summed E-state index contributed by atoms with van der Waals surface area (Å²) in [6.07, 6.45) is 3.71. The van der Waals surface area contributed by atoms with E-state index in [0.29, 0.717) is 24.7 Å². The van der Waals surface area contributed by atoms with E-state index >= 15 is 0 Å². The van der Waals surface area contributed by atoms with Crippen LogP contribution in [0.25, 0.3) is 0 Å². The van der Waals surface area contributed by atoms with Crippen molar-refractivity contribution in [2.24, 2.45) is 0 Å². The predicted octanol–water partition coefficient (Wildman–Crippen LogP) is 3.53. The van der Waals surface area contributed by atoms with Crippen LogP contribution in [0, 0.1) is 0 Å². The number of phenols is 4. The average molecular weight is 334 g/mol. The molecule has 2 aromatic rings. The highest BCUT2D eigenvalue weighted by atomic mass is 16.5. The molecule has 0 aliphatic rings. The zero-order valence-electron chi connectivity index (χ0n) is 13.3. The summed E-state index contributed by atoms with van der Waals surface area (Å²) in [5.74, 6) is 0.352. The summed E-state index contributed by atoms with van der Waals surface area (Å²) in [4.78, 5) is 0. The van der Waals surface area contributed by atoms with E-state index in [1.54, 1.807) is 12.1 Å². The predicted molar refractivity (Wildman–Crippen MR) is 89.0 cm³/mol. The van der Waals surface area contributed by atoms with Crippen molar-refractivity contribution in [2.45, 2.75) is 25.7 Å². The Morgan fingerprint density at radius 1 is 0.542 bits per heavy atom. The maximum absolute atomic E-state index is 9.35. The van der Waals surface area contributed by atoms with E-state index in [9.17, 15) is 20.4 Å². The molecule has 0 saturated carbocycles. The number of benzene rings is 2. The van der Waals surface area contributed by atoms with Gasteiger partial charge in [-0.15, -0.1) is 0 Å². The fourth-order valence-electron chi connectivity index (χ4n) is 2.12. The van der Waals surface area contributed by atoms with Gasteiger partial charge in [-0.2, -0.15) is 0 Å². The lowest BCUT2D eigenvalue weighted by atomic mass is 10.2. The van der Waals surface area contributed by atoms with Crippen LogP contribution in [0.1, 0.15) is 25.7 Å². The van der Waals surface area contributed by atoms with Crippen LogP contribution in [-0.4, -0.2) is 33.6 Å². The molecule has 24 heavy (non-hydrogen) atoms. The van der Waals surface area contributed by atoms with Crippen LogP contribution in [0.15, 0.2) is 36.4 Å². The molecular weight excluding hydrogens is 312 g/mol. The van der Waals surface area contributed by atoms with Crippen molar-refractivity contribution < 1.29 is 29.9 Å². The van der Waals surface area contributed by atoms with Crippen molar-refractivity contribution in [2.75, 3.05) is 13.2 Å². The first-order chi connectivity index (χ1) is 11.6. The Labute approximate surface area is 140 Å². The van der Waals surface area contributed by atoms with E-state index in [-0.39, 0.29) is 23.0 Å². The molecule has 0 fully saturated rings. The van der Waals surface area contributed by atoms with Gasteiger partial charge in [-0.05, 0) is 49.9 Å². The lowest BCUT2D eigenvalue weighted by Crippen LogP contribution is -1.99. The highest BCUT2D eigenvalue weighted by molar-refractivity contribution is 5.43. The van der Waals surface area contributed by atoms with Gasteiger partial charge in [-0.1, -0.05) is 0 Å². The van der Waals surface area contributed by atoms with Gasteiger partial charge in [0.15, 0.2) is 23.0 Å². The molecular formula is C18H22O6. The van der Waals surface area contributed by atoms with E-state index in [0.717, 1.165) is 25.7 Å². The van der Waals surface area contributed by atoms with Crippen LogP contribution < -0.4 is 9.47 Å². The fraction of sp³-hybridized carbons (Fsp3) is 0.333. The van der Waals surface area contributed by atoms with E-state index in [1.165, 1.54) is 24.3 Å². The molecule has 0 heterocycles. The van der Waals surface area contributed by atoms with E-state index in [2.05, 4.69) is 0 Å². The molecule has 4 N–H and O–H groups in total. The summed E-state index contributed by atoms with van der Waals surface area (Å²) in [6, 6.07) is 8.77. The summed E-state index contributed by atoms with van der Waals surface area (Å²) in [5.41, 5.74) is 0. The topological polar surface area (TPSA) is 99.4 Å². The second kappa shape index (κ2) is 8.76. The largest absolute Gasteiger partial charge is 0.504 e. The van der Waals surface area contributed by atoms with Crippen LogP contribution in [0.5, 0.6) is 34.5 Å². The number of ether oxygens (including phenoxy) is 2. The Hall–Kier alpha value is -2.76. The highest BCUT2D eigenvalue weighted by Crippen LogP contribution is 2.29. The molecule has 6 nitrogen and oxygen atoms in total. The molecule has 0 spiro atoms. The molecule has 0 bridgehead atoms.